The van der Waals surface area contributed by atoms with E-state index >= 15 is 0 Å². The first-order chi connectivity index (χ1) is 16.9. The molecule has 10 heteroatoms. The maximum absolute atomic E-state index is 13.0. The molecule has 0 bridgehead atoms. The number of aromatic nitrogens is 1. The number of ether oxygens (including phenoxy) is 3. The van der Waals surface area contributed by atoms with Gasteiger partial charge in [-0.05, 0) is 37.3 Å². The zero-order chi connectivity index (χ0) is 24.4. The van der Waals surface area contributed by atoms with E-state index < -0.39 is 10.0 Å². The van der Waals surface area contributed by atoms with Gasteiger partial charge in [0.1, 0.15) is 27.7 Å². The molecule has 2 aromatic heterocycles. The van der Waals surface area contributed by atoms with Crippen LogP contribution in [0.3, 0.4) is 0 Å². The second-order valence-electron chi connectivity index (χ2n) is 7.84. The van der Waals surface area contributed by atoms with Gasteiger partial charge in [-0.2, -0.15) is 4.31 Å². The van der Waals surface area contributed by atoms with E-state index in [9.17, 15) is 13.2 Å². The molecule has 4 aromatic rings. The molecule has 180 valence electrons. The molecule has 0 spiro atoms. The number of hydrogen-bond donors (Lipinski definition) is 0. The molecule has 0 aliphatic carbocycles. The van der Waals surface area contributed by atoms with Crippen LogP contribution in [0.1, 0.15) is 5.76 Å². The molecule has 1 fully saturated rings. The lowest BCUT2D eigenvalue weighted by Gasteiger charge is -2.25. The van der Waals surface area contributed by atoms with E-state index in [1.165, 1.54) is 22.6 Å². The minimum absolute atomic E-state index is 0.0813. The number of morpholine rings is 1. The minimum atomic E-state index is -3.64. The molecule has 0 amide bonds. The molecular weight excluding hydrogens is 472 g/mol. The van der Waals surface area contributed by atoms with Gasteiger partial charge in [0.15, 0.2) is 0 Å². The second-order valence-corrected chi connectivity index (χ2v) is 9.78. The Bertz CT molecular complexity index is 1510. The third-order valence-electron chi connectivity index (χ3n) is 5.49. The standard InChI is InChI=1S/C25H22N2O7S/c1-17-25(34-18-5-3-2-4-6-18)24(28)21-9-7-19(15-22(21)32-17)33-23-10-8-20(16-26-23)35(29,30)27-11-13-31-14-12-27/h2-10,15-16H,11-14H2,1H3. The highest BCUT2D eigenvalue weighted by Gasteiger charge is 2.26. The monoisotopic (exact) mass is 494 g/mol. The van der Waals surface area contributed by atoms with Gasteiger partial charge >= 0.3 is 0 Å². The van der Waals surface area contributed by atoms with Gasteiger partial charge in [-0.1, -0.05) is 18.2 Å². The summed E-state index contributed by atoms with van der Waals surface area (Å²) in [7, 11) is -3.64. The second kappa shape index (κ2) is 9.49. The number of fused-ring (bicyclic) bond motifs is 1. The highest BCUT2D eigenvalue weighted by atomic mass is 32.2. The van der Waals surface area contributed by atoms with Crippen molar-refractivity contribution in [3.8, 4) is 23.1 Å². The number of hydrogen-bond acceptors (Lipinski definition) is 8. The summed E-state index contributed by atoms with van der Waals surface area (Å²) in [5.41, 5.74) is 0.0341. The molecule has 0 saturated carbocycles. The van der Waals surface area contributed by atoms with Gasteiger partial charge < -0.3 is 18.6 Å². The summed E-state index contributed by atoms with van der Waals surface area (Å²) < 4.78 is 49.4. The number of aryl methyl sites for hydroxylation is 1. The normalized spacial score (nSPS) is 14.7. The number of rotatable bonds is 6. The lowest BCUT2D eigenvalue weighted by molar-refractivity contribution is 0.0730. The predicted molar refractivity (Wildman–Crippen MR) is 128 cm³/mol. The third kappa shape index (κ3) is 4.76. The van der Waals surface area contributed by atoms with Crippen LogP contribution in [0.15, 0.2) is 81.0 Å². The number of nitrogens with zero attached hydrogens (tertiary/aromatic N) is 2. The van der Waals surface area contributed by atoms with Crippen molar-refractivity contribution in [2.24, 2.45) is 0 Å². The topological polar surface area (TPSA) is 108 Å². The van der Waals surface area contributed by atoms with Crippen molar-refractivity contribution in [3.05, 3.63) is 82.8 Å². The lowest BCUT2D eigenvalue weighted by atomic mass is 10.2. The SMILES string of the molecule is Cc1oc2cc(Oc3ccc(S(=O)(=O)N4CCOCC4)cn3)ccc2c(=O)c1Oc1ccccc1. The summed E-state index contributed by atoms with van der Waals surface area (Å²) in [5, 5.41) is 0.341. The van der Waals surface area contributed by atoms with Crippen molar-refractivity contribution < 1.29 is 27.0 Å². The summed E-state index contributed by atoms with van der Waals surface area (Å²) >= 11 is 0. The van der Waals surface area contributed by atoms with E-state index in [2.05, 4.69) is 4.98 Å². The van der Waals surface area contributed by atoms with Crippen LogP contribution in [0.4, 0.5) is 0 Å². The first-order valence-corrected chi connectivity index (χ1v) is 12.4. The van der Waals surface area contributed by atoms with Crippen molar-refractivity contribution >= 4 is 21.0 Å². The van der Waals surface area contributed by atoms with Gasteiger partial charge in [-0.25, -0.2) is 13.4 Å². The molecule has 0 atom stereocenters. The Morgan fingerprint density at radius 1 is 0.943 bits per heavy atom. The van der Waals surface area contributed by atoms with Gasteiger partial charge in [0.05, 0.1) is 24.8 Å². The van der Waals surface area contributed by atoms with Crippen molar-refractivity contribution in [2.75, 3.05) is 26.3 Å². The van der Waals surface area contributed by atoms with Crippen LogP contribution < -0.4 is 14.9 Å². The molecule has 5 rings (SSSR count). The summed E-state index contributed by atoms with van der Waals surface area (Å²) in [6.45, 7) is 3.00. The smallest absolute Gasteiger partial charge is 0.244 e. The van der Waals surface area contributed by atoms with Gasteiger partial charge in [0.25, 0.3) is 0 Å². The number of pyridine rings is 1. The molecule has 35 heavy (non-hydrogen) atoms. The van der Waals surface area contributed by atoms with Gasteiger partial charge in [0, 0.05) is 25.2 Å². The van der Waals surface area contributed by atoms with Crippen LogP contribution in [0.25, 0.3) is 11.0 Å². The fourth-order valence-electron chi connectivity index (χ4n) is 3.69. The first-order valence-electron chi connectivity index (χ1n) is 10.9. The quantitative estimate of drug-likeness (QED) is 0.394. The average molecular weight is 495 g/mol. The summed E-state index contributed by atoms with van der Waals surface area (Å²) in [5.74, 6) is 1.57. The number of benzene rings is 2. The van der Waals surface area contributed by atoms with E-state index in [1.807, 2.05) is 18.2 Å². The molecule has 9 nitrogen and oxygen atoms in total. The van der Waals surface area contributed by atoms with Gasteiger partial charge in [-0.15, -0.1) is 0 Å². The van der Waals surface area contributed by atoms with Crippen molar-refractivity contribution in [1.82, 2.24) is 9.29 Å². The molecule has 1 aliphatic heterocycles. The zero-order valence-electron chi connectivity index (χ0n) is 18.8. The lowest BCUT2D eigenvalue weighted by Crippen LogP contribution is -2.40. The van der Waals surface area contributed by atoms with Gasteiger partial charge in [-0.3, -0.25) is 4.79 Å². The molecular formula is C25H22N2O7S. The Kier molecular flexibility index (Phi) is 6.25. The van der Waals surface area contributed by atoms with E-state index in [-0.39, 0.29) is 22.0 Å². The highest BCUT2D eigenvalue weighted by molar-refractivity contribution is 7.89. The zero-order valence-corrected chi connectivity index (χ0v) is 19.7. The summed E-state index contributed by atoms with van der Waals surface area (Å²) in [6.07, 6.45) is 1.26. The predicted octanol–water partition coefficient (Wildman–Crippen LogP) is 4.10. The molecule has 1 saturated heterocycles. The molecule has 3 heterocycles. The Labute approximate surface area is 201 Å². The van der Waals surface area contributed by atoms with E-state index in [0.717, 1.165) is 0 Å². The Balaban J connectivity index is 1.37. The number of sulfonamides is 1. The van der Waals surface area contributed by atoms with Crippen LogP contribution in [-0.4, -0.2) is 44.0 Å². The Morgan fingerprint density at radius 2 is 1.71 bits per heavy atom. The highest BCUT2D eigenvalue weighted by Crippen LogP contribution is 2.29. The van der Waals surface area contributed by atoms with Crippen LogP contribution >= 0.6 is 0 Å². The van der Waals surface area contributed by atoms with Gasteiger partial charge in [0.2, 0.25) is 27.1 Å². The molecule has 0 radical (unpaired) electrons. The molecule has 0 N–H and O–H groups in total. The fraction of sp³-hybridized carbons (Fsp3) is 0.200. The fourth-order valence-corrected chi connectivity index (χ4v) is 5.05. The molecule has 1 aliphatic rings. The van der Waals surface area contributed by atoms with Crippen molar-refractivity contribution in [3.63, 3.8) is 0 Å². The van der Waals surface area contributed by atoms with E-state index in [4.69, 9.17) is 18.6 Å². The van der Waals surface area contributed by atoms with Crippen LogP contribution in [0, 0.1) is 6.92 Å². The summed E-state index contributed by atoms with van der Waals surface area (Å²) in [6, 6.07) is 16.7. The minimum Gasteiger partial charge on any atom is -0.457 e. The Morgan fingerprint density at radius 3 is 2.43 bits per heavy atom. The average Bonchev–Trinajstić information content (AvgIpc) is 2.88. The first kappa shape index (κ1) is 23.0. The molecule has 2 aromatic carbocycles. The molecule has 0 unspecified atom stereocenters. The maximum Gasteiger partial charge on any atom is 0.244 e. The van der Waals surface area contributed by atoms with Crippen molar-refractivity contribution in [2.45, 2.75) is 11.8 Å². The Hall–Kier alpha value is -3.73. The van der Waals surface area contributed by atoms with E-state index in [0.29, 0.717) is 54.5 Å². The van der Waals surface area contributed by atoms with Crippen LogP contribution in [0.5, 0.6) is 23.1 Å². The largest absolute Gasteiger partial charge is 0.457 e. The number of para-hydroxylation sites is 1. The maximum atomic E-state index is 13.0. The third-order valence-corrected chi connectivity index (χ3v) is 7.37. The van der Waals surface area contributed by atoms with Crippen LogP contribution in [0.2, 0.25) is 0 Å². The van der Waals surface area contributed by atoms with E-state index in [1.54, 1.807) is 37.3 Å². The van der Waals surface area contributed by atoms with Crippen molar-refractivity contribution in [1.29, 1.82) is 0 Å². The summed E-state index contributed by atoms with van der Waals surface area (Å²) in [4.78, 5) is 17.2. The van der Waals surface area contributed by atoms with Crippen LogP contribution in [-0.2, 0) is 14.8 Å².